The second-order valence-electron chi connectivity index (χ2n) is 7.17. The maximum absolute atomic E-state index is 12.8. The van der Waals surface area contributed by atoms with E-state index in [2.05, 4.69) is 10.2 Å². The topological polar surface area (TPSA) is 52.7 Å². The van der Waals surface area contributed by atoms with E-state index in [1.165, 1.54) is 19.3 Å². The summed E-state index contributed by atoms with van der Waals surface area (Å²) in [4.78, 5) is 28.2. The van der Waals surface area contributed by atoms with Crippen LogP contribution >= 0.6 is 0 Å². The highest BCUT2D eigenvalue weighted by molar-refractivity contribution is 5.80. The molecule has 124 valence electrons. The normalized spacial score (nSPS) is 30.6. The van der Waals surface area contributed by atoms with Crippen LogP contribution in [0.15, 0.2) is 0 Å². The molecule has 3 rings (SSSR count). The van der Waals surface area contributed by atoms with E-state index >= 15 is 0 Å². The van der Waals surface area contributed by atoms with Crippen molar-refractivity contribution >= 4 is 11.8 Å². The van der Waals surface area contributed by atoms with Crippen LogP contribution in [0.4, 0.5) is 0 Å². The molecule has 3 saturated heterocycles. The second kappa shape index (κ2) is 6.99. The molecule has 0 saturated carbocycles. The van der Waals surface area contributed by atoms with Gasteiger partial charge < -0.3 is 15.1 Å². The molecule has 3 aliphatic heterocycles. The number of carbonyl (C=O) groups excluding carboxylic acids is 2. The second-order valence-corrected chi connectivity index (χ2v) is 7.17. The molecule has 0 spiro atoms. The average molecular weight is 307 g/mol. The SMILES string of the molecule is CC(=O)N1CCC(C(=O)N2CC[C@H]3NCCCC[C@@H]3C2)CC1. The Labute approximate surface area is 133 Å². The molecule has 2 amide bonds. The molecule has 5 nitrogen and oxygen atoms in total. The number of piperidine rings is 2. The minimum atomic E-state index is 0.130. The third-order valence-electron chi connectivity index (χ3n) is 5.74. The lowest BCUT2D eigenvalue weighted by Gasteiger charge is -2.40. The molecule has 3 aliphatic rings. The third-order valence-corrected chi connectivity index (χ3v) is 5.74. The summed E-state index contributed by atoms with van der Waals surface area (Å²) in [5.74, 6) is 1.24. The number of rotatable bonds is 1. The van der Waals surface area contributed by atoms with Crippen molar-refractivity contribution in [3.05, 3.63) is 0 Å². The lowest BCUT2D eigenvalue weighted by molar-refractivity contribution is -0.141. The van der Waals surface area contributed by atoms with Gasteiger partial charge in [0.05, 0.1) is 0 Å². The van der Waals surface area contributed by atoms with E-state index in [1.54, 1.807) is 6.92 Å². The zero-order valence-corrected chi connectivity index (χ0v) is 13.7. The van der Waals surface area contributed by atoms with Crippen molar-refractivity contribution in [2.24, 2.45) is 11.8 Å². The molecular weight excluding hydrogens is 278 g/mol. The van der Waals surface area contributed by atoms with Crippen LogP contribution in [0.1, 0.15) is 45.4 Å². The number of hydrogen-bond donors (Lipinski definition) is 1. The Balaban J connectivity index is 1.53. The van der Waals surface area contributed by atoms with Crippen molar-refractivity contribution in [1.29, 1.82) is 0 Å². The van der Waals surface area contributed by atoms with Crippen LogP contribution in [0.3, 0.4) is 0 Å². The Morgan fingerprint density at radius 2 is 1.68 bits per heavy atom. The van der Waals surface area contributed by atoms with Gasteiger partial charge in [0.1, 0.15) is 0 Å². The van der Waals surface area contributed by atoms with Crippen molar-refractivity contribution in [1.82, 2.24) is 15.1 Å². The summed E-state index contributed by atoms with van der Waals surface area (Å²) in [5, 5.41) is 3.66. The molecule has 3 fully saturated rings. The van der Waals surface area contributed by atoms with Crippen molar-refractivity contribution in [2.45, 2.75) is 51.5 Å². The van der Waals surface area contributed by atoms with E-state index in [0.717, 1.165) is 52.0 Å². The summed E-state index contributed by atoms with van der Waals surface area (Å²) in [6.07, 6.45) is 6.58. The number of amides is 2. The summed E-state index contributed by atoms with van der Waals surface area (Å²) >= 11 is 0. The van der Waals surface area contributed by atoms with Gasteiger partial charge in [-0.1, -0.05) is 6.42 Å². The molecule has 22 heavy (non-hydrogen) atoms. The van der Waals surface area contributed by atoms with Crippen molar-refractivity contribution in [3.63, 3.8) is 0 Å². The summed E-state index contributed by atoms with van der Waals surface area (Å²) in [7, 11) is 0. The zero-order valence-electron chi connectivity index (χ0n) is 13.7. The van der Waals surface area contributed by atoms with Crippen molar-refractivity contribution < 1.29 is 9.59 Å². The standard InChI is InChI=1S/C17H29N3O2/c1-13(21)19-9-5-14(6-10-19)17(22)20-11-7-16-15(12-20)4-2-3-8-18-16/h14-16,18H,2-12H2,1H3/t15-,16-/m1/s1. The van der Waals surface area contributed by atoms with Crippen LogP contribution in [0.5, 0.6) is 0 Å². The Hall–Kier alpha value is -1.10. The first-order valence-corrected chi connectivity index (χ1v) is 8.93. The van der Waals surface area contributed by atoms with Crippen LogP contribution < -0.4 is 5.32 Å². The van der Waals surface area contributed by atoms with Crippen LogP contribution in [0, 0.1) is 11.8 Å². The molecule has 0 aromatic rings. The lowest BCUT2D eigenvalue weighted by atomic mass is 9.87. The van der Waals surface area contributed by atoms with E-state index < -0.39 is 0 Å². The predicted molar refractivity (Wildman–Crippen MR) is 85.3 cm³/mol. The number of hydrogen-bond acceptors (Lipinski definition) is 3. The molecule has 0 aromatic heterocycles. The van der Waals surface area contributed by atoms with E-state index in [4.69, 9.17) is 0 Å². The van der Waals surface area contributed by atoms with Gasteiger partial charge in [0, 0.05) is 45.1 Å². The number of likely N-dealkylation sites (tertiary alicyclic amines) is 2. The van der Waals surface area contributed by atoms with Crippen molar-refractivity contribution in [2.75, 3.05) is 32.7 Å². The first-order chi connectivity index (χ1) is 10.6. The fourth-order valence-electron chi connectivity index (χ4n) is 4.31. The molecule has 0 bridgehead atoms. The first kappa shape index (κ1) is 15.8. The van der Waals surface area contributed by atoms with E-state index in [1.807, 2.05) is 4.90 Å². The Bertz CT molecular complexity index is 418. The highest BCUT2D eigenvalue weighted by Crippen LogP contribution is 2.27. The predicted octanol–water partition coefficient (Wildman–Crippen LogP) is 1.24. The van der Waals surface area contributed by atoms with Crippen LogP contribution in [0.2, 0.25) is 0 Å². The minimum Gasteiger partial charge on any atom is -0.343 e. The van der Waals surface area contributed by atoms with Crippen LogP contribution in [-0.2, 0) is 9.59 Å². The smallest absolute Gasteiger partial charge is 0.225 e. The Morgan fingerprint density at radius 3 is 2.41 bits per heavy atom. The monoisotopic (exact) mass is 307 g/mol. The van der Waals surface area contributed by atoms with E-state index in [0.29, 0.717) is 17.9 Å². The van der Waals surface area contributed by atoms with Gasteiger partial charge in [-0.2, -0.15) is 0 Å². The van der Waals surface area contributed by atoms with E-state index in [9.17, 15) is 9.59 Å². The van der Waals surface area contributed by atoms with Gasteiger partial charge in [-0.25, -0.2) is 0 Å². The Kier molecular flexibility index (Phi) is 5.01. The van der Waals surface area contributed by atoms with Crippen molar-refractivity contribution in [3.8, 4) is 0 Å². The maximum atomic E-state index is 12.8. The highest BCUT2D eigenvalue weighted by Gasteiger charge is 2.35. The zero-order chi connectivity index (χ0) is 15.5. The number of carbonyl (C=O) groups is 2. The van der Waals surface area contributed by atoms with Gasteiger partial charge >= 0.3 is 0 Å². The molecular formula is C17H29N3O2. The van der Waals surface area contributed by atoms with Gasteiger partial charge in [0.15, 0.2) is 0 Å². The quantitative estimate of drug-likeness (QED) is 0.793. The lowest BCUT2D eigenvalue weighted by Crippen LogP contribution is -2.52. The number of nitrogens with one attached hydrogen (secondary N) is 1. The van der Waals surface area contributed by atoms with Crippen LogP contribution in [0.25, 0.3) is 0 Å². The molecule has 0 radical (unpaired) electrons. The summed E-state index contributed by atoms with van der Waals surface area (Å²) < 4.78 is 0. The fraction of sp³-hybridized carbons (Fsp3) is 0.882. The largest absolute Gasteiger partial charge is 0.343 e. The average Bonchev–Trinajstić information content (AvgIpc) is 2.78. The Morgan fingerprint density at radius 1 is 0.955 bits per heavy atom. The highest BCUT2D eigenvalue weighted by atomic mass is 16.2. The first-order valence-electron chi connectivity index (χ1n) is 8.93. The van der Waals surface area contributed by atoms with Gasteiger partial charge in [-0.3, -0.25) is 9.59 Å². The summed E-state index contributed by atoms with van der Waals surface area (Å²) in [5.41, 5.74) is 0. The number of fused-ring (bicyclic) bond motifs is 1. The maximum Gasteiger partial charge on any atom is 0.225 e. The van der Waals surface area contributed by atoms with Gasteiger partial charge in [-0.15, -0.1) is 0 Å². The molecule has 3 heterocycles. The molecule has 1 N–H and O–H groups in total. The molecule has 5 heteroatoms. The van der Waals surface area contributed by atoms with Gasteiger partial charge in [0.2, 0.25) is 11.8 Å². The molecule has 0 aromatic carbocycles. The molecule has 0 unspecified atom stereocenters. The van der Waals surface area contributed by atoms with Crippen LogP contribution in [-0.4, -0.2) is 60.4 Å². The van der Waals surface area contributed by atoms with E-state index in [-0.39, 0.29) is 11.8 Å². The molecule has 2 atom stereocenters. The minimum absolute atomic E-state index is 0.130. The third kappa shape index (κ3) is 3.45. The number of nitrogens with zero attached hydrogens (tertiary/aromatic N) is 2. The summed E-state index contributed by atoms with van der Waals surface area (Å²) in [6.45, 7) is 6.08. The fourth-order valence-corrected chi connectivity index (χ4v) is 4.31. The molecule has 0 aliphatic carbocycles. The summed E-state index contributed by atoms with van der Waals surface area (Å²) in [6, 6.07) is 0.617. The van der Waals surface area contributed by atoms with Gasteiger partial charge in [0.25, 0.3) is 0 Å². The van der Waals surface area contributed by atoms with Gasteiger partial charge in [-0.05, 0) is 44.6 Å².